The van der Waals surface area contributed by atoms with Crippen LogP contribution in [0.15, 0.2) is 31.8 Å². The summed E-state index contributed by atoms with van der Waals surface area (Å²) in [6.45, 7) is 10.8. The van der Waals surface area contributed by atoms with E-state index in [1.54, 1.807) is 41.5 Å². The van der Waals surface area contributed by atoms with E-state index < -0.39 is 103 Å². The van der Waals surface area contributed by atoms with E-state index in [-0.39, 0.29) is 61.6 Å². The Morgan fingerprint density at radius 2 is 1.52 bits per heavy atom. The molecule has 0 bridgehead atoms. The molecule has 0 spiro atoms. The number of nitrogens with zero attached hydrogens (tertiary/aromatic N) is 1. The third-order valence-corrected chi connectivity index (χ3v) is 15.1. The highest BCUT2D eigenvalue weighted by Gasteiger charge is 2.41. The molecule has 0 aliphatic carbocycles. The third kappa shape index (κ3) is 9.23. The molecule has 330 valence electrons. The van der Waals surface area contributed by atoms with Crippen molar-refractivity contribution in [3.8, 4) is 11.5 Å². The Bertz CT molecular complexity index is 2780. The maximum absolute atomic E-state index is 13.5. The van der Waals surface area contributed by atoms with Crippen molar-refractivity contribution in [3.63, 3.8) is 0 Å². The molecule has 1 amide bonds. The molecule has 21 heteroatoms. The van der Waals surface area contributed by atoms with Gasteiger partial charge in [0.1, 0.15) is 30.0 Å². The first kappa shape index (κ1) is 46.9. The molecule has 0 fully saturated rings. The molecule has 3 heterocycles. The summed E-state index contributed by atoms with van der Waals surface area (Å²) in [5.41, 5.74) is -2.97. The number of carboxylic acids is 2. The number of aromatic carboxylic acids is 1. The Morgan fingerprint density at radius 1 is 0.885 bits per heavy atom. The van der Waals surface area contributed by atoms with E-state index in [9.17, 15) is 50.5 Å². The van der Waals surface area contributed by atoms with Crippen molar-refractivity contribution in [3.05, 3.63) is 65.6 Å². The fraction of sp³-hybridized carbons (Fsp3) is 0.450. The van der Waals surface area contributed by atoms with Gasteiger partial charge in [-0.2, -0.15) is 0 Å². The second-order valence-electron chi connectivity index (χ2n) is 16.7. The quantitative estimate of drug-likeness (QED) is 0.0821. The van der Waals surface area contributed by atoms with Crippen molar-refractivity contribution in [2.75, 3.05) is 17.6 Å². The summed E-state index contributed by atoms with van der Waals surface area (Å²) < 4.78 is 87.0. The van der Waals surface area contributed by atoms with E-state index in [2.05, 4.69) is 15.6 Å². The number of fused-ring (bicyclic) bond motifs is 4. The molecule has 3 aliphatic rings. The number of nitrogens with one attached hydrogen (secondary N) is 2. The number of amides is 1. The number of rotatable bonds is 13. The Hall–Kier alpha value is -3.62. The molecule has 0 saturated carbocycles. The number of unbranched alkanes of at least 4 members (excludes halogenated alkanes) is 2. The maximum Gasteiger partial charge on any atom is 0.230 e. The molecule has 0 radical (unpaired) electrons. The lowest BCUT2D eigenvalue weighted by molar-refractivity contribution is -0.305. The number of carboxylic acid groups (broad SMARTS) is 2. The molecule has 15 nitrogen and oxygen atoms in total. The summed E-state index contributed by atoms with van der Waals surface area (Å²) in [5.74, 6) is -6.28. The highest BCUT2D eigenvalue weighted by molar-refractivity contribution is 8.00. The molecule has 2 atom stereocenters. The predicted molar refractivity (Wildman–Crippen MR) is 222 cm³/mol. The van der Waals surface area contributed by atoms with Gasteiger partial charge >= 0.3 is 0 Å². The van der Waals surface area contributed by atoms with Crippen LogP contribution in [-0.2, 0) is 29.8 Å². The Morgan fingerprint density at radius 3 is 2.13 bits per heavy atom. The summed E-state index contributed by atoms with van der Waals surface area (Å²) >= 11 is 21.3. The van der Waals surface area contributed by atoms with Gasteiger partial charge in [-0.05, 0) is 94.9 Å². The molecule has 6 rings (SSSR count). The van der Waals surface area contributed by atoms with Crippen LogP contribution in [0.5, 0.6) is 11.5 Å². The number of halogens is 3. The monoisotopic (exact) mass is 955 g/mol. The number of thioether (sulfide) groups is 1. The van der Waals surface area contributed by atoms with E-state index in [0.717, 1.165) is 11.8 Å². The topological polar surface area (TPSA) is 257 Å². The molecular formula is C40H40Cl3N3O12S3-4. The van der Waals surface area contributed by atoms with E-state index >= 15 is 0 Å². The fourth-order valence-corrected chi connectivity index (χ4v) is 12.1. The number of benzene rings is 3. The summed E-state index contributed by atoms with van der Waals surface area (Å²) in [5, 5.41) is 27.8. The van der Waals surface area contributed by atoms with Crippen LogP contribution in [0, 0.1) is 0 Å². The van der Waals surface area contributed by atoms with Crippen molar-refractivity contribution >= 4 is 95.9 Å². The number of hydrogen-bond donors (Lipinski definition) is 2. The highest BCUT2D eigenvalue weighted by atomic mass is 35.5. The number of anilines is 1. The van der Waals surface area contributed by atoms with Gasteiger partial charge in [0.15, 0.2) is 11.5 Å². The largest absolute Gasteiger partial charge is 0.744 e. The zero-order valence-electron chi connectivity index (χ0n) is 33.7. The minimum Gasteiger partial charge on any atom is -0.744 e. The standard InChI is InChI=1S/C40H44Cl3N3O12S3/c1-17-14-39(3,4)45-31-19(17)12-21-25(26-27(38(50)51)28(41)30(43)35(29(26)42)59-16-23(47)44-11-9-7-8-10-24(48)49)22-13-20-18(2)15-40(5,6)46-32(20)37(61(55,56)57)34(22)58-33(21)36(31)60(52,53)54/h12-13,17-18,45H,7-11,14-16H2,1-6H3,(H,44,47)(H,48,49)(H,50,51)(H,52,53,54)(H,55,56,57)/p-4. The summed E-state index contributed by atoms with van der Waals surface area (Å²) in [7, 11) is -11.1. The van der Waals surface area contributed by atoms with Crippen molar-refractivity contribution in [2.45, 2.75) is 118 Å². The van der Waals surface area contributed by atoms with Crippen LogP contribution < -0.4 is 36.2 Å². The molecule has 3 aliphatic heterocycles. The Balaban J connectivity index is 1.73. The normalized spacial score (nSPS) is 18.6. The molecular weight excluding hydrogens is 917 g/mol. The smallest absolute Gasteiger partial charge is 0.230 e. The van der Waals surface area contributed by atoms with Crippen LogP contribution in [0.25, 0.3) is 5.57 Å². The first-order chi connectivity index (χ1) is 28.1. The van der Waals surface area contributed by atoms with Crippen LogP contribution >= 0.6 is 46.6 Å². The van der Waals surface area contributed by atoms with Crippen molar-refractivity contribution < 1.29 is 55.3 Å². The second-order valence-corrected chi connectivity index (χ2v) is 21.5. The fourth-order valence-electron chi connectivity index (χ4n) is 8.53. The maximum atomic E-state index is 13.5. The lowest BCUT2D eigenvalue weighted by Gasteiger charge is -2.40. The van der Waals surface area contributed by atoms with Gasteiger partial charge in [-0.3, -0.25) is 9.79 Å². The van der Waals surface area contributed by atoms with Crippen LogP contribution in [0.4, 0.5) is 5.69 Å². The van der Waals surface area contributed by atoms with Crippen LogP contribution in [0.1, 0.15) is 125 Å². The van der Waals surface area contributed by atoms with Gasteiger partial charge in [0.25, 0.3) is 0 Å². The van der Waals surface area contributed by atoms with E-state index in [4.69, 9.17) is 39.5 Å². The summed E-state index contributed by atoms with van der Waals surface area (Å²) in [6.07, 6.45) is 2.02. The highest BCUT2D eigenvalue weighted by Crippen LogP contribution is 2.54. The molecule has 0 aromatic heterocycles. The number of aliphatic carboxylic acids is 1. The van der Waals surface area contributed by atoms with Crippen LogP contribution in [0.3, 0.4) is 0 Å². The minimum absolute atomic E-state index is 0.106. The average Bonchev–Trinajstić information content (AvgIpc) is 3.10. The van der Waals surface area contributed by atoms with Gasteiger partial charge < -0.3 is 44.3 Å². The van der Waals surface area contributed by atoms with Crippen LogP contribution in [-0.4, -0.2) is 67.2 Å². The van der Waals surface area contributed by atoms with Crippen molar-refractivity contribution in [2.24, 2.45) is 4.99 Å². The molecule has 3 aromatic rings. The zero-order valence-corrected chi connectivity index (χ0v) is 38.4. The first-order valence-corrected chi connectivity index (χ1v) is 24.0. The van der Waals surface area contributed by atoms with Gasteiger partial charge in [0.2, 0.25) is 5.91 Å². The Labute approximate surface area is 371 Å². The van der Waals surface area contributed by atoms with E-state index in [0.29, 0.717) is 37.7 Å². The zero-order chi connectivity index (χ0) is 45.3. The van der Waals surface area contributed by atoms with Crippen molar-refractivity contribution in [1.29, 1.82) is 0 Å². The molecule has 2 N–H and O–H groups in total. The van der Waals surface area contributed by atoms with Crippen LogP contribution in [0.2, 0.25) is 15.1 Å². The summed E-state index contributed by atoms with van der Waals surface area (Å²) in [6, 6.07) is 2.94. The lowest BCUT2D eigenvalue weighted by Crippen LogP contribution is -2.39. The van der Waals surface area contributed by atoms with Gasteiger partial charge in [-0.25, -0.2) is 16.8 Å². The SMILES string of the molecule is CC1CC(C)(C)Nc2c1cc1c(c2S(=O)(=O)[O-])Oc2c(S(=O)(=O)[O-])c3c(cc2=C1c1c(Cl)c(SCC(=O)NCCCCCC(=O)[O-])c(Cl)c(Cl)c1C(=O)[O-])C(C)CC(C)(C)N=3. The summed E-state index contributed by atoms with van der Waals surface area (Å²) in [4.78, 5) is 39.5. The van der Waals surface area contributed by atoms with Gasteiger partial charge in [-0.15, -0.1) is 11.8 Å². The number of carbonyl (C=O) groups excluding carboxylic acids is 3. The molecule has 2 unspecified atom stereocenters. The average molecular weight is 957 g/mol. The van der Waals surface area contributed by atoms with Gasteiger partial charge in [0, 0.05) is 50.4 Å². The number of carbonyl (C=O) groups is 3. The first-order valence-electron chi connectivity index (χ1n) is 19.1. The van der Waals surface area contributed by atoms with E-state index in [1.807, 2.05) is 0 Å². The minimum atomic E-state index is -5.57. The van der Waals surface area contributed by atoms with Crippen molar-refractivity contribution in [1.82, 2.24) is 5.32 Å². The number of ether oxygens (including phenoxy) is 1. The molecule has 0 saturated heterocycles. The van der Waals surface area contributed by atoms with Gasteiger partial charge in [-0.1, -0.05) is 55.1 Å². The molecule has 3 aromatic carbocycles. The van der Waals surface area contributed by atoms with Gasteiger partial charge in [0.05, 0.1) is 43.4 Å². The third-order valence-electron chi connectivity index (χ3n) is 10.8. The Kier molecular flexibility index (Phi) is 12.9. The lowest BCUT2D eigenvalue weighted by atomic mass is 9.79. The second kappa shape index (κ2) is 16.8. The predicted octanol–water partition coefficient (Wildman–Crippen LogP) is 4.29. The number of hydrogen-bond acceptors (Lipinski definition) is 15. The molecule has 61 heavy (non-hydrogen) atoms. The van der Waals surface area contributed by atoms with E-state index in [1.165, 1.54) is 12.1 Å².